The number of rotatable bonds is 2. The second kappa shape index (κ2) is 5.64. The molecule has 0 atom stereocenters. The van der Waals surface area contributed by atoms with E-state index in [2.05, 4.69) is 22.2 Å². The van der Waals surface area contributed by atoms with Gasteiger partial charge in [0.05, 0.1) is 13.7 Å². The Labute approximate surface area is 106 Å². The lowest BCUT2D eigenvalue weighted by Gasteiger charge is -2.27. The van der Waals surface area contributed by atoms with Gasteiger partial charge in [-0.25, -0.2) is 4.79 Å². The van der Waals surface area contributed by atoms with Crippen molar-refractivity contribution in [3.8, 4) is 0 Å². The molecule has 5 heteroatoms. The Bertz CT molecular complexity index is 459. The van der Waals surface area contributed by atoms with Gasteiger partial charge in [0.1, 0.15) is 0 Å². The van der Waals surface area contributed by atoms with Crippen LogP contribution >= 0.6 is 0 Å². The van der Waals surface area contributed by atoms with Crippen molar-refractivity contribution in [2.24, 2.45) is 0 Å². The molecule has 2 rings (SSSR count). The fraction of sp³-hybridized carbons (Fsp3) is 0.385. The molecule has 0 saturated heterocycles. The summed E-state index contributed by atoms with van der Waals surface area (Å²) in [6, 6.07) is 8.20. The second-order valence-corrected chi connectivity index (χ2v) is 4.27. The normalized spacial score (nSPS) is 14.7. The minimum atomic E-state index is -0.711. The molecule has 0 aromatic heterocycles. The SMILES string of the molecule is COC(=O)NC(=O)CN1CCc2ccccc2C1. The lowest BCUT2D eigenvalue weighted by Crippen LogP contribution is -2.41. The molecular weight excluding hydrogens is 232 g/mol. The van der Waals surface area contributed by atoms with Gasteiger partial charge in [-0.2, -0.15) is 0 Å². The number of alkyl carbamates (subject to hydrolysis) is 1. The molecule has 0 unspecified atom stereocenters. The van der Waals surface area contributed by atoms with Crippen molar-refractivity contribution < 1.29 is 14.3 Å². The minimum absolute atomic E-state index is 0.212. The van der Waals surface area contributed by atoms with Crippen LogP contribution in [0.15, 0.2) is 24.3 Å². The highest BCUT2D eigenvalue weighted by Crippen LogP contribution is 2.17. The first-order valence-corrected chi connectivity index (χ1v) is 5.86. The smallest absolute Gasteiger partial charge is 0.413 e. The number of benzene rings is 1. The molecule has 1 heterocycles. The van der Waals surface area contributed by atoms with Crippen molar-refractivity contribution in [2.75, 3.05) is 20.2 Å². The first-order chi connectivity index (χ1) is 8.69. The zero-order chi connectivity index (χ0) is 13.0. The van der Waals surface area contributed by atoms with Crippen molar-refractivity contribution in [1.29, 1.82) is 0 Å². The van der Waals surface area contributed by atoms with E-state index in [1.54, 1.807) is 0 Å². The summed E-state index contributed by atoms with van der Waals surface area (Å²) in [7, 11) is 1.24. The van der Waals surface area contributed by atoms with Crippen LogP contribution in [-0.4, -0.2) is 37.1 Å². The number of imide groups is 1. The average molecular weight is 248 g/mol. The van der Waals surface area contributed by atoms with Crippen LogP contribution in [0.4, 0.5) is 4.79 Å². The lowest BCUT2D eigenvalue weighted by atomic mass is 10.00. The third-order valence-corrected chi connectivity index (χ3v) is 3.00. The molecule has 5 nitrogen and oxygen atoms in total. The van der Waals surface area contributed by atoms with Gasteiger partial charge >= 0.3 is 6.09 Å². The number of hydrogen-bond acceptors (Lipinski definition) is 4. The molecule has 2 amide bonds. The molecule has 1 aromatic rings. The number of nitrogens with zero attached hydrogens (tertiary/aromatic N) is 1. The number of nitrogens with one attached hydrogen (secondary N) is 1. The van der Waals surface area contributed by atoms with Crippen LogP contribution in [0.2, 0.25) is 0 Å². The summed E-state index contributed by atoms with van der Waals surface area (Å²) in [6.45, 7) is 1.78. The fourth-order valence-corrected chi connectivity index (χ4v) is 2.10. The van der Waals surface area contributed by atoms with Crippen molar-refractivity contribution >= 4 is 12.0 Å². The van der Waals surface area contributed by atoms with Gasteiger partial charge < -0.3 is 4.74 Å². The number of amides is 2. The summed E-state index contributed by atoms with van der Waals surface area (Å²) in [5.74, 6) is -0.332. The van der Waals surface area contributed by atoms with Gasteiger partial charge in [-0.1, -0.05) is 24.3 Å². The Hall–Kier alpha value is -1.88. The third-order valence-electron chi connectivity index (χ3n) is 3.00. The van der Waals surface area contributed by atoms with Crippen LogP contribution in [0, 0.1) is 0 Å². The van der Waals surface area contributed by atoms with Crippen LogP contribution in [0.1, 0.15) is 11.1 Å². The highest BCUT2D eigenvalue weighted by molar-refractivity contribution is 5.92. The van der Waals surface area contributed by atoms with Crippen molar-refractivity contribution in [3.05, 3.63) is 35.4 Å². The van der Waals surface area contributed by atoms with Gasteiger partial charge in [-0.3, -0.25) is 15.0 Å². The van der Waals surface area contributed by atoms with E-state index in [9.17, 15) is 9.59 Å². The Kier molecular flexibility index (Phi) is 3.94. The van der Waals surface area contributed by atoms with Crippen molar-refractivity contribution in [3.63, 3.8) is 0 Å². The molecular formula is C13H16N2O3. The molecule has 1 aliphatic heterocycles. The Morgan fingerprint density at radius 2 is 2.06 bits per heavy atom. The van der Waals surface area contributed by atoms with Crippen LogP contribution in [0.3, 0.4) is 0 Å². The van der Waals surface area contributed by atoms with E-state index >= 15 is 0 Å². The predicted octanol–water partition coefficient (Wildman–Crippen LogP) is 0.927. The van der Waals surface area contributed by atoms with Gasteiger partial charge in [0.25, 0.3) is 0 Å². The molecule has 1 aliphatic rings. The van der Waals surface area contributed by atoms with Gasteiger partial charge in [0, 0.05) is 13.1 Å². The first-order valence-electron chi connectivity index (χ1n) is 5.86. The zero-order valence-corrected chi connectivity index (χ0v) is 10.3. The van der Waals surface area contributed by atoms with Gasteiger partial charge in [0.2, 0.25) is 5.91 Å². The molecule has 1 aromatic carbocycles. The Morgan fingerprint density at radius 3 is 2.78 bits per heavy atom. The number of methoxy groups -OCH3 is 1. The minimum Gasteiger partial charge on any atom is -0.453 e. The maximum absolute atomic E-state index is 11.5. The molecule has 1 N–H and O–H groups in total. The van der Waals surface area contributed by atoms with E-state index in [4.69, 9.17) is 0 Å². The Morgan fingerprint density at radius 1 is 1.33 bits per heavy atom. The van der Waals surface area contributed by atoms with Crippen LogP contribution in [0.25, 0.3) is 0 Å². The highest BCUT2D eigenvalue weighted by atomic mass is 16.5. The van der Waals surface area contributed by atoms with Gasteiger partial charge in [0.15, 0.2) is 0 Å². The highest BCUT2D eigenvalue weighted by Gasteiger charge is 2.18. The maximum Gasteiger partial charge on any atom is 0.413 e. The summed E-state index contributed by atoms with van der Waals surface area (Å²) >= 11 is 0. The second-order valence-electron chi connectivity index (χ2n) is 4.27. The van der Waals surface area contributed by atoms with E-state index in [-0.39, 0.29) is 12.5 Å². The topological polar surface area (TPSA) is 58.6 Å². The van der Waals surface area contributed by atoms with E-state index in [0.717, 1.165) is 19.5 Å². The van der Waals surface area contributed by atoms with E-state index < -0.39 is 6.09 Å². The predicted molar refractivity (Wildman–Crippen MR) is 66.0 cm³/mol. The van der Waals surface area contributed by atoms with Crippen LogP contribution in [0.5, 0.6) is 0 Å². The largest absolute Gasteiger partial charge is 0.453 e. The molecule has 0 spiro atoms. The molecule has 0 bridgehead atoms. The zero-order valence-electron chi connectivity index (χ0n) is 10.3. The first kappa shape index (κ1) is 12.6. The fourth-order valence-electron chi connectivity index (χ4n) is 2.10. The third kappa shape index (κ3) is 3.07. The van der Waals surface area contributed by atoms with Gasteiger partial charge in [-0.05, 0) is 17.5 Å². The van der Waals surface area contributed by atoms with E-state index in [0.29, 0.717) is 0 Å². The number of carbonyl (C=O) groups excluding carboxylic acids is 2. The summed E-state index contributed by atoms with van der Waals surface area (Å²) in [4.78, 5) is 24.4. The quantitative estimate of drug-likeness (QED) is 0.845. The van der Waals surface area contributed by atoms with Crippen molar-refractivity contribution in [2.45, 2.75) is 13.0 Å². The molecule has 18 heavy (non-hydrogen) atoms. The number of fused-ring (bicyclic) bond motifs is 1. The summed E-state index contributed by atoms with van der Waals surface area (Å²) in [5.41, 5.74) is 2.58. The summed E-state index contributed by atoms with van der Waals surface area (Å²) < 4.78 is 4.38. The molecule has 0 fully saturated rings. The van der Waals surface area contributed by atoms with E-state index in [1.165, 1.54) is 18.2 Å². The van der Waals surface area contributed by atoms with E-state index in [1.807, 2.05) is 17.0 Å². The van der Waals surface area contributed by atoms with Crippen LogP contribution < -0.4 is 5.32 Å². The molecule has 0 aliphatic carbocycles. The average Bonchev–Trinajstić information content (AvgIpc) is 2.38. The maximum atomic E-state index is 11.5. The molecule has 96 valence electrons. The molecule has 0 saturated carbocycles. The lowest BCUT2D eigenvalue weighted by molar-refractivity contribution is -0.121. The van der Waals surface area contributed by atoms with Gasteiger partial charge in [-0.15, -0.1) is 0 Å². The summed E-state index contributed by atoms with van der Waals surface area (Å²) in [6.07, 6.45) is 0.221. The Balaban J connectivity index is 1.90. The van der Waals surface area contributed by atoms with Crippen molar-refractivity contribution in [1.82, 2.24) is 10.2 Å². The summed E-state index contributed by atoms with van der Waals surface area (Å²) in [5, 5.41) is 2.16. The number of hydrogen-bond donors (Lipinski definition) is 1. The standard InChI is InChI=1S/C13H16N2O3/c1-18-13(17)14-12(16)9-15-7-6-10-4-2-3-5-11(10)8-15/h2-5H,6-9H2,1H3,(H,14,16,17). The number of ether oxygens (including phenoxy) is 1. The number of carbonyl (C=O) groups is 2. The monoisotopic (exact) mass is 248 g/mol. The van der Waals surface area contributed by atoms with Crippen LogP contribution in [-0.2, 0) is 22.5 Å². The molecule has 0 radical (unpaired) electrons.